The number of anilines is 1. The Bertz CT molecular complexity index is 1040. The van der Waals surface area contributed by atoms with Gasteiger partial charge in [0.05, 0.1) is 17.6 Å². The van der Waals surface area contributed by atoms with Crippen LogP contribution in [0.5, 0.6) is 0 Å². The van der Waals surface area contributed by atoms with Crippen molar-refractivity contribution in [2.45, 2.75) is 6.04 Å². The number of allylic oxidation sites excluding steroid dienone is 1. The lowest BCUT2D eigenvalue weighted by Gasteiger charge is -2.27. The molecule has 4 rings (SSSR count). The number of ether oxygens (including phenoxy) is 1. The number of hydrogen-bond donors (Lipinski definition) is 1. The van der Waals surface area contributed by atoms with Gasteiger partial charge < -0.3 is 10.1 Å². The van der Waals surface area contributed by atoms with Crippen molar-refractivity contribution in [3.8, 4) is 0 Å². The monoisotopic (exact) mass is 385 g/mol. The van der Waals surface area contributed by atoms with Gasteiger partial charge in [0.2, 0.25) is 11.7 Å². The van der Waals surface area contributed by atoms with E-state index in [2.05, 4.69) is 20.8 Å². The van der Waals surface area contributed by atoms with Gasteiger partial charge in [0.1, 0.15) is 17.6 Å². The van der Waals surface area contributed by atoms with Crippen LogP contribution in [0.25, 0.3) is 0 Å². The maximum atomic E-state index is 13.4. The molecule has 0 saturated heterocycles. The minimum absolute atomic E-state index is 0.0486. The summed E-state index contributed by atoms with van der Waals surface area (Å²) in [6, 6.07) is 8.16. The summed E-state index contributed by atoms with van der Waals surface area (Å²) in [5, 5.41) is 15.9. The molecule has 136 valence electrons. The van der Waals surface area contributed by atoms with E-state index in [9.17, 15) is 14.0 Å². The molecule has 0 amide bonds. The molecule has 8 nitrogen and oxygen atoms in total. The molecular formula is C17H12FN5O3S. The van der Waals surface area contributed by atoms with Crippen LogP contribution >= 0.6 is 11.3 Å². The largest absolute Gasteiger partial charge is 0.464 e. The minimum atomic E-state index is -0.819. The molecule has 0 radical (unpaired) electrons. The summed E-state index contributed by atoms with van der Waals surface area (Å²) in [5.41, 5.74) is 0.621. The Balaban J connectivity index is 1.95. The number of carbonyl (C=O) groups excluding carboxylic acids is 2. The SMILES string of the molecule is COC(=O)C1=C(C(=O)c2cccs2)[C@@H](c2ccc(F)cc2)n2nnnc2N1. The molecule has 0 aliphatic carbocycles. The highest BCUT2D eigenvalue weighted by atomic mass is 32.1. The Hall–Kier alpha value is -3.40. The summed E-state index contributed by atoms with van der Waals surface area (Å²) in [4.78, 5) is 26.0. The van der Waals surface area contributed by atoms with Crippen molar-refractivity contribution in [2.75, 3.05) is 12.4 Å². The Morgan fingerprint density at radius 2 is 2.04 bits per heavy atom. The van der Waals surface area contributed by atoms with Crippen molar-refractivity contribution in [2.24, 2.45) is 0 Å². The number of halogens is 1. The van der Waals surface area contributed by atoms with Crippen LogP contribution in [0.4, 0.5) is 10.3 Å². The fourth-order valence-corrected chi connectivity index (χ4v) is 3.56. The summed E-state index contributed by atoms with van der Waals surface area (Å²) in [6.07, 6.45) is 0. The number of methoxy groups -OCH3 is 1. The number of nitrogens with zero attached hydrogens (tertiary/aromatic N) is 4. The van der Waals surface area contributed by atoms with E-state index in [0.29, 0.717) is 10.4 Å². The van der Waals surface area contributed by atoms with Crippen LogP contribution in [-0.4, -0.2) is 39.1 Å². The molecule has 1 aliphatic rings. The van der Waals surface area contributed by atoms with E-state index >= 15 is 0 Å². The van der Waals surface area contributed by atoms with E-state index in [1.807, 2.05) is 0 Å². The van der Waals surface area contributed by atoms with Crippen molar-refractivity contribution in [1.29, 1.82) is 0 Å². The number of carbonyl (C=O) groups is 2. The molecule has 1 aliphatic heterocycles. The maximum Gasteiger partial charge on any atom is 0.355 e. The molecular weight excluding hydrogens is 373 g/mol. The number of Topliss-reactive ketones (excluding diaryl/α,β-unsaturated/α-hetero) is 1. The number of rotatable bonds is 4. The highest BCUT2D eigenvalue weighted by Gasteiger charge is 2.38. The van der Waals surface area contributed by atoms with Gasteiger partial charge in [0, 0.05) is 0 Å². The molecule has 3 aromatic rings. The quantitative estimate of drug-likeness (QED) is 0.543. The highest BCUT2D eigenvalue weighted by Crippen LogP contribution is 2.37. The summed E-state index contributed by atoms with van der Waals surface area (Å²) < 4.78 is 19.6. The van der Waals surface area contributed by atoms with Gasteiger partial charge in [-0.1, -0.05) is 23.3 Å². The molecule has 0 spiro atoms. The van der Waals surface area contributed by atoms with Crippen LogP contribution in [0.2, 0.25) is 0 Å². The summed E-state index contributed by atoms with van der Waals surface area (Å²) in [6.45, 7) is 0. The maximum absolute atomic E-state index is 13.4. The molecule has 0 saturated carbocycles. The Morgan fingerprint density at radius 1 is 1.26 bits per heavy atom. The van der Waals surface area contributed by atoms with Crippen LogP contribution < -0.4 is 5.32 Å². The van der Waals surface area contributed by atoms with Crippen LogP contribution in [0.3, 0.4) is 0 Å². The first kappa shape index (κ1) is 17.0. The van der Waals surface area contributed by atoms with Crippen molar-refractivity contribution in [1.82, 2.24) is 20.2 Å². The number of tetrazole rings is 1. The number of esters is 1. The molecule has 0 unspecified atom stereocenters. The molecule has 2 aromatic heterocycles. The first-order valence-electron chi connectivity index (χ1n) is 7.81. The van der Waals surface area contributed by atoms with E-state index in [-0.39, 0.29) is 23.0 Å². The van der Waals surface area contributed by atoms with Gasteiger partial charge in [-0.2, -0.15) is 4.68 Å². The number of ketones is 1. The van der Waals surface area contributed by atoms with E-state index in [1.165, 1.54) is 47.4 Å². The van der Waals surface area contributed by atoms with E-state index in [1.54, 1.807) is 17.5 Å². The highest BCUT2D eigenvalue weighted by molar-refractivity contribution is 7.12. The second-order valence-electron chi connectivity index (χ2n) is 5.61. The van der Waals surface area contributed by atoms with Gasteiger partial charge in [0.15, 0.2) is 0 Å². The molecule has 27 heavy (non-hydrogen) atoms. The van der Waals surface area contributed by atoms with Gasteiger partial charge in [0.25, 0.3) is 0 Å². The number of thiophene rings is 1. The predicted octanol–water partition coefficient (Wildman–Crippen LogP) is 2.20. The zero-order valence-electron chi connectivity index (χ0n) is 13.9. The lowest BCUT2D eigenvalue weighted by atomic mass is 9.91. The van der Waals surface area contributed by atoms with Gasteiger partial charge in [-0.3, -0.25) is 4.79 Å². The Morgan fingerprint density at radius 3 is 2.70 bits per heavy atom. The molecule has 1 N–H and O–H groups in total. The predicted molar refractivity (Wildman–Crippen MR) is 93.7 cm³/mol. The van der Waals surface area contributed by atoms with Crippen molar-refractivity contribution < 1.29 is 18.7 Å². The van der Waals surface area contributed by atoms with Crippen LogP contribution in [0.15, 0.2) is 53.0 Å². The fourth-order valence-electron chi connectivity index (χ4n) is 2.88. The molecule has 10 heteroatoms. The molecule has 3 heterocycles. The smallest absolute Gasteiger partial charge is 0.355 e. The molecule has 0 bridgehead atoms. The lowest BCUT2D eigenvalue weighted by molar-refractivity contribution is -0.136. The summed E-state index contributed by atoms with van der Waals surface area (Å²) >= 11 is 1.24. The van der Waals surface area contributed by atoms with Crippen LogP contribution in [-0.2, 0) is 9.53 Å². The molecule has 1 aromatic carbocycles. The third kappa shape index (κ3) is 2.89. The first-order valence-corrected chi connectivity index (χ1v) is 8.69. The van der Waals surface area contributed by atoms with Crippen molar-refractivity contribution in [3.05, 3.63) is 69.3 Å². The van der Waals surface area contributed by atoms with E-state index < -0.39 is 17.8 Å². The molecule has 0 fully saturated rings. The first-order chi connectivity index (χ1) is 13.1. The minimum Gasteiger partial charge on any atom is -0.464 e. The van der Waals surface area contributed by atoms with Crippen LogP contribution in [0.1, 0.15) is 21.3 Å². The second kappa shape index (κ2) is 6.72. The number of nitrogens with one attached hydrogen (secondary N) is 1. The Kier molecular flexibility index (Phi) is 4.24. The summed E-state index contributed by atoms with van der Waals surface area (Å²) in [5.74, 6) is -1.34. The average Bonchev–Trinajstić information content (AvgIpc) is 3.37. The molecule has 1 atom stereocenters. The standard InChI is InChI=1S/C17H12FN5O3S/c1-26-16(25)13-12(15(24)11-3-2-8-27-11)14(9-4-6-10(18)7-5-9)23-17(19-13)20-21-22-23/h2-8,14H,1H3,(H,19,20,22)/t14-/m1/s1. The van der Waals surface area contributed by atoms with Crippen LogP contribution in [0, 0.1) is 5.82 Å². The third-order valence-corrected chi connectivity index (χ3v) is 4.95. The van der Waals surface area contributed by atoms with Crippen molar-refractivity contribution >= 4 is 29.0 Å². The van der Waals surface area contributed by atoms with E-state index in [0.717, 1.165) is 0 Å². The summed E-state index contributed by atoms with van der Waals surface area (Å²) in [7, 11) is 1.22. The zero-order chi connectivity index (χ0) is 19.0. The average molecular weight is 385 g/mol. The van der Waals surface area contributed by atoms with Crippen molar-refractivity contribution in [3.63, 3.8) is 0 Å². The second-order valence-corrected chi connectivity index (χ2v) is 6.56. The topological polar surface area (TPSA) is 99.0 Å². The fraction of sp³-hybridized carbons (Fsp3) is 0.118. The van der Waals surface area contributed by atoms with Gasteiger partial charge >= 0.3 is 5.97 Å². The zero-order valence-corrected chi connectivity index (χ0v) is 14.7. The van der Waals surface area contributed by atoms with Gasteiger partial charge in [-0.15, -0.1) is 11.3 Å². The van der Waals surface area contributed by atoms with E-state index in [4.69, 9.17) is 4.74 Å². The number of benzene rings is 1. The van der Waals surface area contributed by atoms with Gasteiger partial charge in [-0.25, -0.2) is 9.18 Å². The Labute approximate surface area is 156 Å². The third-order valence-electron chi connectivity index (χ3n) is 4.08. The van der Waals surface area contributed by atoms with Gasteiger partial charge in [-0.05, 0) is 39.6 Å². The lowest BCUT2D eigenvalue weighted by Crippen LogP contribution is -2.32. The number of fused-ring (bicyclic) bond motifs is 1. The number of aromatic nitrogens is 4. The number of hydrogen-bond acceptors (Lipinski definition) is 8. The normalized spacial score (nSPS) is 15.9.